The Balaban J connectivity index is 2.50. The van der Waals surface area contributed by atoms with Crippen molar-refractivity contribution in [2.24, 2.45) is 0 Å². The first-order valence-electron chi connectivity index (χ1n) is 7.79. The van der Waals surface area contributed by atoms with Gasteiger partial charge < -0.3 is 9.47 Å². The lowest BCUT2D eigenvalue weighted by molar-refractivity contribution is -0.124. The Hall–Kier alpha value is -1.64. The lowest BCUT2D eigenvalue weighted by Crippen LogP contribution is -2.17. The average Bonchev–Trinajstić information content (AvgIpc) is 2.47. The van der Waals surface area contributed by atoms with Gasteiger partial charge in [0.2, 0.25) is 0 Å². The third-order valence-corrected chi connectivity index (χ3v) is 2.99. The van der Waals surface area contributed by atoms with Gasteiger partial charge in [-0.15, -0.1) is 0 Å². The Kier molecular flexibility index (Phi) is 9.20. The maximum absolute atomic E-state index is 5.79. The molecule has 0 amide bonds. The topological polar surface area (TPSA) is 18.5 Å². The Morgan fingerprint density at radius 2 is 1.45 bits per heavy atom. The summed E-state index contributed by atoms with van der Waals surface area (Å²) >= 11 is 0. The van der Waals surface area contributed by atoms with Gasteiger partial charge >= 0.3 is 0 Å². The summed E-state index contributed by atoms with van der Waals surface area (Å²) in [4.78, 5) is 0. The van der Waals surface area contributed by atoms with Crippen molar-refractivity contribution >= 4 is 6.08 Å². The molecule has 0 saturated carbocycles. The van der Waals surface area contributed by atoms with Crippen molar-refractivity contribution in [3.63, 3.8) is 0 Å². The number of rotatable bonds is 9. The van der Waals surface area contributed by atoms with Crippen LogP contribution < -0.4 is 0 Å². The SMILES string of the molecule is CC(C)=CCOC(CC=Cc1ccccc1)OCC=C(C)C. The molecular weight excluding hydrogens is 272 g/mol. The van der Waals surface area contributed by atoms with Crippen LogP contribution in [0, 0.1) is 0 Å². The molecule has 0 radical (unpaired) electrons. The summed E-state index contributed by atoms with van der Waals surface area (Å²) in [6, 6.07) is 10.3. The molecule has 0 atom stereocenters. The minimum atomic E-state index is -0.217. The van der Waals surface area contributed by atoms with E-state index < -0.39 is 0 Å². The number of benzene rings is 1. The van der Waals surface area contributed by atoms with Crippen molar-refractivity contribution < 1.29 is 9.47 Å². The van der Waals surface area contributed by atoms with Crippen LogP contribution >= 0.6 is 0 Å². The zero-order chi connectivity index (χ0) is 16.2. The van der Waals surface area contributed by atoms with Gasteiger partial charge in [-0.1, -0.05) is 65.8 Å². The molecule has 0 fully saturated rings. The van der Waals surface area contributed by atoms with Crippen LogP contribution in [-0.4, -0.2) is 19.5 Å². The summed E-state index contributed by atoms with van der Waals surface area (Å²) in [7, 11) is 0. The highest BCUT2D eigenvalue weighted by atomic mass is 16.7. The van der Waals surface area contributed by atoms with E-state index in [4.69, 9.17) is 9.47 Å². The van der Waals surface area contributed by atoms with Gasteiger partial charge in [-0.05, 0) is 33.3 Å². The Morgan fingerprint density at radius 1 is 0.909 bits per heavy atom. The van der Waals surface area contributed by atoms with Crippen LogP contribution in [0.1, 0.15) is 39.7 Å². The van der Waals surface area contributed by atoms with Gasteiger partial charge in [-0.2, -0.15) is 0 Å². The molecule has 0 heterocycles. The van der Waals surface area contributed by atoms with Crippen LogP contribution in [0.15, 0.2) is 59.7 Å². The molecule has 1 aromatic rings. The minimum absolute atomic E-state index is 0.217. The lowest BCUT2D eigenvalue weighted by Gasteiger charge is -2.15. The van der Waals surface area contributed by atoms with E-state index in [0.717, 1.165) is 6.42 Å². The second kappa shape index (κ2) is 11.0. The number of hydrogen-bond donors (Lipinski definition) is 0. The van der Waals surface area contributed by atoms with Gasteiger partial charge in [0.05, 0.1) is 13.2 Å². The van der Waals surface area contributed by atoms with E-state index in [1.165, 1.54) is 16.7 Å². The van der Waals surface area contributed by atoms with E-state index in [1.54, 1.807) is 0 Å². The molecule has 0 aliphatic heterocycles. The van der Waals surface area contributed by atoms with Gasteiger partial charge in [-0.3, -0.25) is 0 Å². The van der Waals surface area contributed by atoms with E-state index in [-0.39, 0.29) is 6.29 Å². The molecule has 2 heteroatoms. The fraction of sp³-hybridized carbons (Fsp3) is 0.400. The van der Waals surface area contributed by atoms with Crippen LogP contribution in [0.2, 0.25) is 0 Å². The Morgan fingerprint density at radius 3 is 1.95 bits per heavy atom. The molecule has 0 unspecified atom stereocenters. The first-order chi connectivity index (χ1) is 10.6. The van der Waals surface area contributed by atoms with Crippen LogP contribution in [0.3, 0.4) is 0 Å². The summed E-state index contributed by atoms with van der Waals surface area (Å²) in [5, 5.41) is 0. The molecule has 0 N–H and O–H groups in total. The predicted octanol–water partition coefficient (Wildman–Crippen LogP) is 5.38. The lowest BCUT2D eigenvalue weighted by atomic mass is 10.2. The molecule has 0 aliphatic carbocycles. The van der Waals surface area contributed by atoms with Gasteiger partial charge in [0.1, 0.15) is 0 Å². The number of allylic oxidation sites excluding steroid dienone is 2. The van der Waals surface area contributed by atoms with E-state index in [2.05, 4.69) is 64.1 Å². The van der Waals surface area contributed by atoms with Crippen molar-refractivity contribution in [3.05, 3.63) is 65.3 Å². The van der Waals surface area contributed by atoms with Crippen LogP contribution in [0.5, 0.6) is 0 Å². The fourth-order valence-electron chi connectivity index (χ4n) is 1.71. The van der Waals surface area contributed by atoms with Gasteiger partial charge in [0.15, 0.2) is 6.29 Å². The summed E-state index contributed by atoms with van der Waals surface area (Å²) in [6.45, 7) is 9.44. The van der Waals surface area contributed by atoms with Crippen LogP contribution in [0.4, 0.5) is 0 Å². The third kappa shape index (κ3) is 9.32. The third-order valence-electron chi connectivity index (χ3n) is 2.99. The maximum atomic E-state index is 5.79. The number of ether oxygens (including phenoxy) is 2. The van der Waals surface area contributed by atoms with E-state index >= 15 is 0 Å². The second-order valence-corrected chi connectivity index (χ2v) is 5.71. The van der Waals surface area contributed by atoms with Crippen molar-refractivity contribution in [2.45, 2.75) is 40.4 Å². The zero-order valence-corrected chi connectivity index (χ0v) is 14.2. The molecule has 22 heavy (non-hydrogen) atoms. The monoisotopic (exact) mass is 300 g/mol. The second-order valence-electron chi connectivity index (χ2n) is 5.71. The van der Waals surface area contributed by atoms with E-state index in [0.29, 0.717) is 13.2 Å². The molecule has 1 aromatic carbocycles. The molecule has 0 saturated heterocycles. The average molecular weight is 300 g/mol. The molecule has 120 valence electrons. The molecule has 2 nitrogen and oxygen atoms in total. The minimum Gasteiger partial charge on any atom is -0.348 e. The highest BCUT2D eigenvalue weighted by molar-refractivity contribution is 5.48. The van der Waals surface area contributed by atoms with Crippen molar-refractivity contribution in [3.8, 4) is 0 Å². The van der Waals surface area contributed by atoms with Gasteiger partial charge in [-0.25, -0.2) is 0 Å². The quantitative estimate of drug-likeness (QED) is 0.450. The standard InChI is InChI=1S/C20H28O2/c1-17(2)13-15-21-20(22-16-14-18(3)4)12-8-11-19-9-6-5-7-10-19/h5-11,13-14,20H,12,15-16H2,1-4H3. The molecular formula is C20H28O2. The first kappa shape index (κ1) is 18.4. The smallest absolute Gasteiger partial charge is 0.161 e. The maximum Gasteiger partial charge on any atom is 0.161 e. The summed E-state index contributed by atoms with van der Waals surface area (Å²) in [5.74, 6) is 0. The van der Waals surface area contributed by atoms with Crippen LogP contribution in [0.25, 0.3) is 6.08 Å². The largest absolute Gasteiger partial charge is 0.348 e. The zero-order valence-electron chi connectivity index (χ0n) is 14.2. The molecule has 0 spiro atoms. The molecule has 1 rings (SSSR count). The van der Waals surface area contributed by atoms with Crippen molar-refractivity contribution in [1.29, 1.82) is 0 Å². The summed E-state index contributed by atoms with van der Waals surface area (Å²) < 4.78 is 11.6. The van der Waals surface area contributed by atoms with E-state index in [9.17, 15) is 0 Å². The fourth-order valence-corrected chi connectivity index (χ4v) is 1.71. The highest BCUT2D eigenvalue weighted by Gasteiger charge is 2.05. The highest BCUT2D eigenvalue weighted by Crippen LogP contribution is 2.08. The van der Waals surface area contributed by atoms with Crippen molar-refractivity contribution in [1.82, 2.24) is 0 Å². The Labute approximate surface area is 135 Å². The van der Waals surface area contributed by atoms with Gasteiger partial charge in [0, 0.05) is 6.42 Å². The Bertz CT molecular complexity index is 468. The van der Waals surface area contributed by atoms with Crippen LogP contribution in [-0.2, 0) is 9.47 Å². The first-order valence-corrected chi connectivity index (χ1v) is 7.79. The van der Waals surface area contributed by atoms with E-state index in [1.807, 2.05) is 18.2 Å². The summed E-state index contributed by atoms with van der Waals surface area (Å²) in [5.41, 5.74) is 3.69. The summed E-state index contributed by atoms with van der Waals surface area (Å²) in [6.07, 6.45) is 8.86. The molecule has 0 aliphatic rings. The van der Waals surface area contributed by atoms with Crippen molar-refractivity contribution in [2.75, 3.05) is 13.2 Å². The molecule has 0 aromatic heterocycles. The number of hydrogen-bond acceptors (Lipinski definition) is 2. The van der Waals surface area contributed by atoms with Gasteiger partial charge in [0.25, 0.3) is 0 Å². The molecule has 0 bridgehead atoms. The normalized spacial score (nSPS) is 11.0. The predicted molar refractivity (Wildman–Crippen MR) is 94.6 cm³/mol.